The average molecular weight is 449 g/mol. The molecule has 0 radical (unpaired) electrons. The van der Waals surface area contributed by atoms with Crippen molar-refractivity contribution in [1.29, 1.82) is 0 Å². The van der Waals surface area contributed by atoms with Crippen LogP contribution in [-0.4, -0.2) is 46.8 Å². The van der Waals surface area contributed by atoms with E-state index in [9.17, 15) is 22.4 Å². The number of piperazine rings is 1. The molecule has 1 aromatic carbocycles. The number of aromatic nitrogens is 2. The molecule has 0 saturated carbocycles. The van der Waals surface area contributed by atoms with Crippen molar-refractivity contribution in [2.45, 2.75) is 39.9 Å². The van der Waals surface area contributed by atoms with Crippen molar-refractivity contribution < 1.29 is 22.4 Å². The molecule has 166 valence electrons. The van der Waals surface area contributed by atoms with Gasteiger partial charge in [-0.15, -0.1) is 0 Å². The average Bonchev–Trinajstić information content (AvgIpc) is 3.04. The molecule has 0 N–H and O–H groups in total. The molecule has 1 saturated heterocycles. The van der Waals surface area contributed by atoms with Gasteiger partial charge >= 0.3 is 6.18 Å². The van der Waals surface area contributed by atoms with Crippen LogP contribution in [0.4, 0.5) is 23.2 Å². The van der Waals surface area contributed by atoms with Crippen molar-refractivity contribution in [1.82, 2.24) is 14.7 Å². The Balaban J connectivity index is 0.00000155. The monoisotopic (exact) mass is 448 g/mol. The van der Waals surface area contributed by atoms with Gasteiger partial charge in [0, 0.05) is 31.9 Å². The fourth-order valence-corrected chi connectivity index (χ4v) is 3.49. The van der Waals surface area contributed by atoms with Crippen molar-refractivity contribution in [3.05, 3.63) is 46.5 Å². The molecule has 5 nitrogen and oxygen atoms in total. The zero-order valence-corrected chi connectivity index (χ0v) is 18.1. The summed E-state index contributed by atoms with van der Waals surface area (Å²) < 4.78 is 53.1. The molecule has 1 atom stereocenters. The van der Waals surface area contributed by atoms with Crippen LogP contribution in [0.2, 0.25) is 5.02 Å². The highest BCUT2D eigenvalue weighted by Gasteiger charge is 2.39. The van der Waals surface area contributed by atoms with E-state index in [0.29, 0.717) is 26.2 Å². The van der Waals surface area contributed by atoms with Gasteiger partial charge in [0.1, 0.15) is 11.9 Å². The summed E-state index contributed by atoms with van der Waals surface area (Å²) in [5, 5.41) is 3.04. The van der Waals surface area contributed by atoms with Crippen molar-refractivity contribution >= 4 is 23.2 Å². The van der Waals surface area contributed by atoms with Gasteiger partial charge in [-0.3, -0.25) is 9.48 Å². The first-order valence-corrected chi connectivity index (χ1v) is 10.1. The summed E-state index contributed by atoms with van der Waals surface area (Å²) in [6.45, 7) is 8.79. The Morgan fingerprint density at radius 1 is 1.10 bits per heavy atom. The van der Waals surface area contributed by atoms with Gasteiger partial charge in [0.15, 0.2) is 5.69 Å². The summed E-state index contributed by atoms with van der Waals surface area (Å²) in [6.07, 6.45) is -4.68. The Morgan fingerprint density at radius 3 is 2.10 bits per heavy atom. The molecule has 1 aromatic heterocycles. The summed E-state index contributed by atoms with van der Waals surface area (Å²) >= 11 is 5.77. The lowest BCUT2D eigenvalue weighted by Crippen LogP contribution is -2.50. The van der Waals surface area contributed by atoms with E-state index in [1.165, 1.54) is 26.0 Å². The van der Waals surface area contributed by atoms with Crippen LogP contribution >= 0.6 is 11.6 Å². The maximum atomic E-state index is 13.0. The number of amides is 1. The molecule has 30 heavy (non-hydrogen) atoms. The fraction of sp³-hybridized carbons (Fsp3) is 0.500. The minimum Gasteiger partial charge on any atom is -0.368 e. The van der Waals surface area contributed by atoms with Crippen LogP contribution in [0, 0.1) is 12.7 Å². The van der Waals surface area contributed by atoms with E-state index in [1.54, 1.807) is 17.0 Å². The molecule has 1 fully saturated rings. The number of rotatable bonds is 3. The number of carbonyl (C=O) groups excluding carboxylic acids is 1. The first kappa shape index (κ1) is 24.0. The molecule has 2 aromatic rings. The van der Waals surface area contributed by atoms with Crippen LogP contribution in [0.5, 0.6) is 0 Å². The number of anilines is 1. The topological polar surface area (TPSA) is 41.4 Å². The summed E-state index contributed by atoms with van der Waals surface area (Å²) in [7, 11) is 0. The van der Waals surface area contributed by atoms with Crippen LogP contribution < -0.4 is 4.90 Å². The maximum absolute atomic E-state index is 13.0. The van der Waals surface area contributed by atoms with Gasteiger partial charge in [0.05, 0.1) is 10.7 Å². The number of benzene rings is 1. The standard InChI is InChI=1S/C18H19ClF4N4O.C2H6/c1-11-15(19)16(18(21,22)23)24-27(11)12(2)17(28)26-9-7-25(8-10-26)14-5-3-13(20)4-6-14;1-2/h3-6,12H,7-10H2,1-2H3;1-2H3. The summed E-state index contributed by atoms with van der Waals surface area (Å²) in [6, 6.07) is 5.17. The third-order valence-corrected chi connectivity index (χ3v) is 5.31. The highest BCUT2D eigenvalue weighted by molar-refractivity contribution is 6.32. The molecular weight excluding hydrogens is 424 g/mol. The zero-order valence-electron chi connectivity index (χ0n) is 17.3. The molecule has 1 aliphatic rings. The molecule has 10 heteroatoms. The van der Waals surface area contributed by atoms with Gasteiger partial charge in [-0.2, -0.15) is 18.3 Å². The van der Waals surface area contributed by atoms with Gasteiger partial charge in [0.25, 0.3) is 0 Å². The predicted octanol–water partition coefficient (Wildman–Crippen LogP) is 4.94. The van der Waals surface area contributed by atoms with Crippen LogP contribution in [-0.2, 0) is 11.0 Å². The van der Waals surface area contributed by atoms with Crippen LogP contribution in [0.15, 0.2) is 24.3 Å². The summed E-state index contributed by atoms with van der Waals surface area (Å²) in [4.78, 5) is 16.4. The number of alkyl halides is 3. The van der Waals surface area contributed by atoms with Crippen molar-refractivity contribution in [3.63, 3.8) is 0 Å². The molecular formula is C20H25ClF4N4O. The third kappa shape index (κ3) is 5.06. The number of nitrogens with zero attached hydrogens (tertiary/aromatic N) is 4. The first-order valence-electron chi connectivity index (χ1n) is 9.70. The Bertz CT molecular complexity index is 859. The van der Waals surface area contributed by atoms with Gasteiger partial charge in [-0.25, -0.2) is 4.39 Å². The zero-order chi connectivity index (χ0) is 22.6. The summed E-state index contributed by atoms with van der Waals surface area (Å²) in [5.74, 6) is -0.646. The minimum atomic E-state index is -4.68. The van der Waals surface area contributed by atoms with E-state index in [4.69, 9.17) is 11.6 Å². The Hall–Kier alpha value is -2.29. The number of hydrogen-bond acceptors (Lipinski definition) is 3. The molecule has 1 unspecified atom stereocenters. The number of halogens is 5. The maximum Gasteiger partial charge on any atom is 0.436 e. The molecule has 2 heterocycles. The smallest absolute Gasteiger partial charge is 0.368 e. The normalized spacial score (nSPS) is 15.5. The van der Waals surface area contributed by atoms with E-state index >= 15 is 0 Å². The van der Waals surface area contributed by atoms with Crippen LogP contribution in [0.1, 0.15) is 38.2 Å². The Kier molecular flexibility index (Phi) is 7.74. The SMILES string of the molecule is CC.Cc1c(Cl)c(C(F)(F)F)nn1C(C)C(=O)N1CCN(c2ccc(F)cc2)CC1. The van der Waals surface area contributed by atoms with E-state index in [-0.39, 0.29) is 17.4 Å². The molecule has 0 bridgehead atoms. The number of hydrogen-bond donors (Lipinski definition) is 0. The second-order valence-corrected chi connectivity index (χ2v) is 7.03. The second kappa shape index (κ2) is 9.68. The molecule has 1 amide bonds. The van der Waals surface area contributed by atoms with E-state index in [0.717, 1.165) is 10.4 Å². The Labute approximate surface area is 178 Å². The highest BCUT2D eigenvalue weighted by Crippen LogP contribution is 2.36. The Morgan fingerprint density at radius 2 is 1.63 bits per heavy atom. The van der Waals surface area contributed by atoms with Crippen molar-refractivity contribution in [2.24, 2.45) is 0 Å². The molecule has 1 aliphatic heterocycles. The van der Waals surface area contributed by atoms with E-state index < -0.39 is 22.9 Å². The van der Waals surface area contributed by atoms with Gasteiger partial charge < -0.3 is 9.80 Å². The van der Waals surface area contributed by atoms with Crippen molar-refractivity contribution in [2.75, 3.05) is 31.1 Å². The number of carbonyl (C=O) groups is 1. The lowest BCUT2D eigenvalue weighted by atomic mass is 10.2. The van der Waals surface area contributed by atoms with Gasteiger partial charge in [0.2, 0.25) is 5.91 Å². The van der Waals surface area contributed by atoms with Crippen molar-refractivity contribution in [3.8, 4) is 0 Å². The third-order valence-electron chi connectivity index (χ3n) is 4.85. The molecule has 0 aliphatic carbocycles. The first-order chi connectivity index (χ1) is 14.1. The van der Waals surface area contributed by atoms with Crippen LogP contribution in [0.3, 0.4) is 0 Å². The second-order valence-electron chi connectivity index (χ2n) is 6.66. The largest absolute Gasteiger partial charge is 0.436 e. The van der Waals surface area contributed by atoms with Gasteiger partial charge in [-0.1, -0.05) is 25.4 Å². The molecule has 3 rings (SSSR count). The lowest BCUT2D eigenvalue weighted by molar-refractivity contribution is -0.142. The lowest BCUT2D eigenvalue weighted by Gasteiger charge is -2.37. The highest BCUT2D eigenvalue weighted by atomic mass is 35.5. The van der Waals surface area contributed by atoms with Gasteiger partial charge in [-0.05, 0) is 38.1 Å². The summed E-state index contributed by atoms with van der Waals surface area (Å²) in [5.41, 5.74) is -0.238. The van der Waals surface area contributed by atoms with Crippen LogP contribution in [0.25, 0.3) is 0 Å². The minimum absolute atomic E-state index is 0.0970. The predicted molar refractivity (Wildman–Crippen MR) is 108 cm³/mol. The molecule has 0 spiro atoms. The fourth-order valence-electron chi connectivity index (χ4n) is 3.26. The van der Waals surface area contributed by atoms with E-state index in [1.807, 2.05) is 18.7 Å². The quantitative estimate of drug-likeness (QED) is 0.624. The van der Waals surface area contributed by atoms with E-state index in [2.05, 4.69) is 5.10 Å².